The van der Waals surface area contributed by atoms with Crippen molar-refractivity contribution in [2.45, 2.75) is 6.92 Å². The Labute approximate surface area is 106 Å². The second kappa shape index (κ2) is 4.26. The summed E-state index contributed by atoms with van der Waals surface area (Å²) in [5.41, 5.74) is -0.0520. The van der Waals surface area contributed by atoms with Crippen LogP contribution in [0.1, 0.15) is 36.6 Å². The highest BCUT2D eigenvalue weighted by atomic mass is 16.5. The van der Waals surface area contributed by atoms with Gasteiger partial charge in [0.15, 0.2) is 0 Å². The van der Waals surface area contributed by atoms with Crippen molar-refractivity contribution in [1.29, 1.82) is 0 Å². The number of aryl methyl sites for hydroxylation is 1. The molecule has 0 aromatic heterocycles. The first-order chi connectivity index (χ1) is 8.88. The minimum atomic E-state index is -1.04. The number of imide groups is 2. The van der Waals surface area contributed by atoms with Gasteiger partial charge in [0.1, 0.15) is 0 Å². The zero-order chi connectivity index (χ0) is 14.3. The molecule has 0 saturated heterocycles. The summed E-state index contributed by atoms with van der Waals surface area (Å²) in [5, 5.41) is 18.0. The van der Waals surface area contributed by atoms with E-state index in [0.29, 0.717) is 0 Å². The first-order valence-corrected chi connectivity index (χ1v) is 5.08. The smallest absolute Gasteiger partial charge is 0.278 e. The van der Waals surface area contributed by atoms with E-state index in [2.05, 4.69) is 0 Å². The molecular weight excluding hydrogens is 256 g/mol. The van der Waals surface area contributed by atoms with Crippen LogP contribution < -0.4 is 0 Å². The number of hydrogen-bond donors (Lipinski definition) is 2. The van der Waals surface area contributed by atoms with Crippen LogP contribution in [0.5, 0.6) is 0 Å². The lowest BCUT2D eigenvalue weighted by molar-refractivity contribution is -0.138. The molecule has 0 spiro atoms. The Kier molecular flexibility index (Phi) is 2.89. The molecule has 0 saturated carbocycles. The van der Waals surface area contributed by atoms with Crippen LogP contribution in [0.15, 0.2) is 12.1 Å². The van der Waals surface area contributed by atoms with Crippen LogP contribution in [0.25, 0.3) is 0 Å². The fourth-order valence-corrected chi connectivity index (χ4v) is 1.78. The predicted octanol–water partition coefficient (Wildman–Crippen LogP) is -0.0320. The number of carbonyl (C=O) groups excluding carboxylic acids is 4. The average molecular weight is 264 g/mol. The summed E-state index contributed by atoms with van der Waals surface area (Å²) in [7, 11) is 0. The maximum Gasteiger partial charge on any atom is 0.285 e. The molecule has 2 N–H and O–H groups in total. The minimum Gasteiger partial charge on any atom is -0.278 e. The zero-order valence-electron chi connectivity index (χ0n) is 9.65. The number of fused-ring (bicyclic) bond motifs is 1. The van der Waals surface area contributed by atoms with E-state index in [4.69, 9.17) is 5.21 Å². The van der Waals surface area contributed by atoms with E-state index >= 15 is 0 Å². The first kappa shape index (κ1) is 12.9. The third-order valence-electron chi connectivity index (χ3n) is 2.75. The topological polar surface area (TPSA) is 115 Å². The van der Waals surface area contributed by atoms with Gasteiger partial charge in [0.05, 0.1) is 11.1 Å². The highest BCUT2D eigenvalue weighted by Crippen LogP contribution is 2.25. The normalized spacial score (nSPS) is 13.5. The van der Waals surface area contributed by atoms with E-state index in [0.717, 1.165) is 6.07 Å². The van der Waals surface area contributed by atoms with Gasteiger partial charge in [0, 0.05) is 5.56 Å². The van der Waals surface area contributed by atoms with Gasteiger partial charge < -0.3 is 0 Å². The molecule has 0 bridgehead atoms. The SMILES string of the molecule is Cc1cc2c(cc1C(=O)N(O)C=O)C(=O)N(O)C2=O. The second-order valence-electron chi connectivity index (χ2n) is 3.89. The van der Waals surface area contributed by atoms with Crippen molar-refractivity contribution >= 4 is 24.1 Å². The Hall–Kier alpha value is -2.58. The number of hydrogen-bond acceptors (Lipinski definition) is 6. The van der Waals surface area contributed by atoms with Crippen LogP contribution in [-0.2, 0) is 4.79 Å². The summed E-state index contributed by atoms with van der Waals surface area (Å²) >= 11 is 0. The molecule has 1 aromatic carbocycles. The second-order valence-corrected chi connectivity index (χ2v) is 3.89. The van der Waals surface area contributed by atoms with Crippen molar-refractivity contribution in [1.82, 2.24) is 10.1 Å². The zero-order valence-corrected chi connectivity index (χ0v) is 9.65. The summed E-state index contributed by atoms with van der Waals surface area (Å²) in [6.07, 6.45) is -0.0969. The molecule has 2 rings (SSSR count). The highest BCUT2D eigenvalue weighted by molar-refractivity contribution is 6.21. The summed E-state index contributed by atoms with van der Waals surface area (Å²) in [5.74, 6) is -2.89. The van der Waals surface area contributed by atoms with Crippen molar-refractivity contribution < 1.29 is 29.6 Å². The van der Waals surface area contributed by atoms with E-state index < -0.39 is 17.7 Å². The third kappa shape index (κ3) is 1.79. The Morgan fingerprint density at radius 2 is 1.79 bits per heavy atom. The average Bonchev–Trinajstić information content (AvgIpc) is 2.61. The lowest BCUT2D eigenvalue weighted by atomic mass is 10.00. The van der Waals surface area contributed by atoms with Gasteiger partial charge in [-0.3, -0.25) is 29.6 Å². The first-order valence-electron chi connectivity index (χ1n) is 5.08. The molecule has 1 heterocycles. The molecule has 19 heavy (non-hydrogen) atoms. The maximum absolute atomic E-state index is 11.6. The van der Waals surface area contributed by atoms with Gasteiger partial charge in [-0.05, 0) is 24.6 Å². The van der Waals surface area contributed by atoms with Crippen molar-refractivity contribution in [3.05, 3.63) is 34.4 Å². The van der Waals surface area contributed by atoms with E-state index in [1.807, 2.05) is 0 Å². The molecule has 0 atom stereocenters. The third-order valence-corrected chi connectivity index (χ3v) is 2.75. The van der Waals surface area contributed by atoms with Gasteiger partial charge in [0.2, 0.25) is 6.41 Å². The predicted molar refractivity (Wildman–Crippen MR) is 57.5 cm³/mol. The molecule has 0 fully saturated rings. The Balaban J connectivity index is 2.58. The van der Waals surface area contributed by atoms with E-state index in [-0.39, 0.29) is 38.8 Å². The standard InChI is InChI=1S/C11H8N2O6/c1-5-2-7-8(11(17)13(19)10(7)16)3-6(5)9(15)12(18)4-14/h2-4,18-19H,1H3. The monoisotopic (exact) mass is 264 g/mol. The summed E-state index contributed by atoms with van der Waals surface area (Å²) in [4.78, 5) is 45.0. The Morgan fingerprint density at radius 3 is 2.32 bits per heavy atom. The number of hydroxylamine groups is 4. The van der Waals surface area contributed by atoms with Crippen LogP contribution in [-0.4, -0.2) is 44.7 Å². The Bertz CT molecular complexity index is 624. The molecule has 0 unspecified atom stereocenters. The van der Waals surface area contributed by atoms with Crippen LogP contribution in [0.2, 0.25) is 0 Å². The van der Waals surface area contributed by atoms with Crippen LogP contribution in [0, 0.1) is 6.92 Å². The van der Waals surface area contributed by atoms with Gasteiger partial charge >= 0.3 is 0 Å². The molecule has 1 aliphatic rings. The molecule has 98 valence electrons. The van der Waals surface area contributed by atoms with Crippen molar-refractivity contribution in [2.75, 3.05) is 0 Å². The largest absolute Gasteiger partial charge is 0.285 e. The number of benzene rings is 1. The summed E-state index contributed by atoms with van der Waals surface area (Å²) in [6, 6.07) is 2.29. The fraction of sp³-hybridized carbons (Fsp3) is 0.0909. The van der Waals surface area contributed by atoms with E-state index in [1.54, 1.807) is 0 Å². The van der Waals surface area contributed by atoms with Crippen LogP contribution in [0.4, 0.5) is 0 Å². The van der Waals surface area contributed by atoms with Crippen LogP contribution in [0.3, 0.4) is 0 Å². The van der Waals surface area contributed by atoms with E-state index in [1.165, 1.54) is 13.0 Å². The number of nitrogens with zero attached hydrogens (tertiary/aromatic N) is 2. The molecule has 4 amide bonds. The summed E-state index contributed by atoms with van der Waals surface area (Å²) in [6.45, 7) is 1.46. The molecular formula is C11H8N2O6. The number of carbonyl (C=O) groups is 4. The lowest BCUT2D eigenvalue weighted by Gasteiger charge is -2.10. The highest BCUT2D eigenvalue weighted by Gasteiger charge is 2.36. The van der Waals surface area contributed by atoms with Crippen LogP contribution >= 0.6 is 0 Å². The van der Waals surface area contributed by atoms with Gasteiger partial charge in [-0.1, -0.05) is 0 Å². The molecule has 0 aliphatic carbocycles. The number of rotatable bonds is 2. The molecule has 1 aromatic rings. The fourth-order valence-electron chi connectivity index (χ4n) is 1.78. The molecule has 1 aliphatic heterocycles. The summed E-state index contributed by atoms with van der Waals surface area (Å²) < 4.78 is 0. The van der Waals surface area contributed by atoms with Gasteiger partial charge in [0.25, 0.3) is 17.7 Å². The lowest BCUT2D eigenvalue weighted by Crippen LogP contribution is -2.26. The van der Waals surface area contributed by atoms with Crippen molar-refractivity contribution in [3.8, 4) is 0 Å². The van der Waals surface area contributed by atoms with E-state index in [9.17, 15) is 24.4 Å². The van der Waals surface area contributed by atoms with Gasteiger partial charge in [-0.25, -0.2) is 0 Å². The molecule has 0 radical (unpaired) electrons. The maximum atomic E-state index is 11.6. The quantitative estimate of drug-likeness (QED) is 0.335. The number of amides is 4. The minimum absolute atomic E-state index is 0.0443. The molecule has 8 heteroatoms. The van der Waals surface area contributed by atoms with Crippen molar-refractivity contribution in [3.63, 3.8) is 0 Å². The van der Waals surface area contributed by atoms with Gasteiger partial charge in [-0.2, -0.15) is 5.06 Å². The molecule has 8 nitrogen and oxygen atoms in total. The Morgan fingerprint density at radius 1 is 1.26 bits per heavy atom. The van der Waals surface area contributed by atoms with Gasteiger partial charge in [-0.15, -0.1) is 5.06 Å². The van der Waals surface area contributed by atoms with Crippen molar-refractivity contribution in [2.24, 2.45) is 0 Å².